The van der Waals surface area contributed by atoms with Gasteiger partial charge >= 0.3 is 12.7 Å². The molecule has 30 heavy (non-hydrogen) atoms. The summed E-state index contributed by atoms with van der Waals surface area (Å²) in [6.45, 7) is -0.615. The van der Waals surface area contributed by atoms with Gasteiger partial charge in [0.1, 0.15) is 0 Å². The Balaban J connectivity index is 1.58. The zero-order valence-corrected chi connectivity index (χ0v) is 16.0. The summed E-state index contributed by atoms with van der Waals surface area (Å²) in [4.78, 5) is 6.05. The van der Waals surface area contributed by atoms with Crippen LogP contribution in [0.1, 0.15) is 19.0 Å². The van der Waals surface area contributed by atoms with Crippen molar-refractivity contribution < 1.29 is 26.7 Å². The van der Waals surface area contributed by atoms with E-state index in [2.05, 4.69) is 10.1 Å². The third-order valence-electron chi connectivity index (χ3n) is 5.03. The number of hydrogen-bond donors (Lipinski definition) is 0. The lowest BCUT2D eigenvalue weighted by atomic mass is 10.0. The van der Waals surface area contributed by atoms with Crippen molar-refractivity contribution in [1.29, 1.82) is 0 Å². The van der Waals surface area contributed by atoms with Crippen molar-refractivity contribution in [2.75, 3.05) is 13.1 Å². The molecule has 0 N–H and O–H groups in total. The third kappa shape index (κ3) is 4.29. The Labute approximate surface area is 169 Å². The monoisotopic (exact) mass is 426 g/mol. The first kappa shape index (κ1) is 20.7. The van der Waals surface area contributed by atoms with E-state index < -0.39 is 24.9 Å². The molecule has 5 nitrogen and oxygen atoms in total. The fourth-order valence-corrected chi connectivity index (χ4v) is 3.73. The van der Waals surface area contributed by atoms with Crippen LogP contribution in [0.5, 0.6) is 0 Å². The molecule has 1 aromatic carbocycles. The Kier molecular flexibility index (Phi) is 5.46. The maximum absolute atomic E-state index is 13.1. The first-order valence-electron chi connectivity index (χ1n) is 9.35. The van der Waals surface area contributed by atoms with Gasteiger partial charge in [-0.05, 0) is 30.2 Å². The van der Waals surface area contributed by atoms with Gasteiger partial charge in [-0.1, -0.05) is 12.1 Å². The number of fused-ring (bicyclic) bond motifs is 1. The molecule has 2 aromatic heterocycles. The standard InChI is InChI=1S/C20H19F5N4O/c1-12-8-28(11-18(30-12)20(23,24)25)9-13-2-3-16-15(4-5-26-17(16)6-13)14-7-27-29(10-14)19(21)22/h2-7,10,12,18-19H,8-9,11H2,1H3/t12-,18-/m1/s1. The van der Waals surface area contributed by atoms with Gasteiger partial charge in [0, 0.05) is 43.0 Å². The summed E-state index contributed by atoms with van der Waals surface area (Å²) in [5, 5.41) is 4.41. The molecule has 10 heteroatoms. The number of hydrogen-bond acceptors (Lipinski definition) is 4. The summed E-state index contributed by atoms with van der Waals surface area (Å²) < 4.78 is 70.5. The van der Waals surface area contributed by atoms with Crippen LogP contribution in [0.4, 0.5) is 22.0 Å². The molecule has 0 saturated carbocycles. The molecular weight excluding hydrogens is 407 g/mol. The van der Waals surface area contributed by atoms with Crippen LogP contribution >= 0.6 is 0 Å². The highest BCUT2D eigenvalue weighted by Crippen LogP contribution is 2.31. The molecule has 4 rings (SSSR count). The van der Waals surface area contributed by atoms with Crippen molar-refractivity contribution in [3.63, 3.8) is 0 Å². The van der Waals surface area contributed by atoms with Crippen LogP contribution in [0.3, 0.4) is 0 Å². The second kappa shape index (κ2) is 7.92. The van der Waals surface area contributed by atoms with Crippen LogP contribution in [-0.4, -0.2) is 51.1 Å². The molecule has 0 amide bonds. The van der Waals surface area contributed by atoms with Crippen molar-refractivity contribution in [1.82, 2.24) is 19.7 Å². The lowest BCUT2D eigenvalue weighted by Crippen LogP contribution is -2.51. The van der Waals surface area contributed by atoms with E-state index in [-0.39, 0.29) is 6.54 Å². The van der Waals surface area contributed by atoms with E-state index >= 15 is 0 Å². The van der Waals surface area contributed by atoms with Crippen molar-refractivity contribution in [3.05, 3.63) is 48.4 Å². The maximum Gasteiger partial charge on any atom is 0.415 e. The molecule has 2 atom stereocenters. The van der Waals surface area contributed by atoms with Gasteiger partial charge in [-0.2, -0.15) is 27.1 Å². The lowest BCUT2D eigenvalue weighted by molar-refractivity contribution is -0.252. The van der Waals surface area contributed by atoms with Crippen LogP contribution in [0.25, 0.3) is 22.0 Å². The van der Waals surface area contributed by atoms with Crippen molar-refractivity contribution in [2.24, 2.45) is 0 Å². The molecule has 160 valence electrons. The minimum Gasteiger partial charge on any atom is -0.363 e. The van der Waals surface area contributed by atoms with Gasteiger partial charge in [0.15, 0.2) is 6.10 Å². The zero-order chi connectivity index (χ0) is 21.5. The second-order valence-electron chi connectivity index (χ2n) is 7.37. The molecule has 0 unspecified atom stereocenters. The molecular formula is C20H19F5N4O. The van der Waals surface area contributed by atoms with E-state index in [1.54, 1.807) is 36.2 Å². The molecule has 3 heterocycles. The first-order valence-corrected chi connectivity index (χ1v) is 9.35. The lowest BCUT2D eigenvalue weighted by Gasteiger charge is -2.37. The van der Waals surface area contributed by atoms with Crippen molar-refractivity contribution >= 4 is 10.9 Å². The topological polar surface area (TPSA) is 43.2 Å². The largest absolute Gasteiger partial charge is 0.415 e. The summed E-state index contributed by atoms with van der Waals surface area (Å²) in [7, 11) is 0. The van der Waals surface area contributed by atoms with Crippen LogP contribution in [0, 0.1) is 0 Å². The number of alkyl halides is 5. The first-order chi connectivity index (χ1) is 14.2. The fourth-order valence-electron chi connectivity index (χ4n) is 3.73. The van der Waals surface area contributed by atoms with Crippen molar-refractivity contribution in [2.45, 2.75) is 38.4 Å². The van der Waals surface area contributed by atoms with E-state index in [1.165, 1.54) is 12.4 Å². The maximum atomic E-state index is 13.1. The second-order valence-corrected chi connectivity index (χ2v) is 7.37. The average molecular weight is 426 g/mol. The highest BCUT2D eigenvalue weighted by atomic mass is 19.4. The van der Waals surface area contributed by atoms with Crippen LogP contribution in [0.15, 0.2) is 42.9 Å². The molecule has 0 bridgehead atoms. The third-order valence-corrected chi connectivity index (χ3v) is 5.03. The quantitative estimate of drug-likeness (QED) is 0.570. The van der Waals surface area contributed by atoms with Gasteiger partial charge < -0.3 is 4.74 Å². The molecule has 1 fully saturated rings. The van der Waals surface area contributed by atoms with Gasteiger partial charge in [0.25, 0.3) is 0 Å². The predicted molar refractivity (Wildman–Crippen MR) is 99.9 cm³/mol. The van der Waals surface area contributed by atoms with Crippen LogP contribution < -0.4 is 0 Å². The number of rotatable bonds is 4. The van der Waals surface area contributed by atoms with Gasteiger partial charge in [0.2, 0.25) is 0 Å². The summed E-state index contributed by atoms with van der Waals surface area (Å²) in [5.41, 5.74) is 2.68. The minimum absolute atomic E-state index is 0.230. The Morgan fingerprint density at radius 2 is 2.00 bits per heavy atom. The summed E-state index contributed by atoms with van der Waals surface area (Å²) in [5.74, 6) is 0. The van der Waals surface area contributed by atoms with Crippen molar-refractivity contribution in [3.8, 4) is 11.1 Å². The number of morpholine rings is 1. The van der Waals surface area contributed by atoms with Gasteiger partial charge in [-0.3, -0.25) is 9.88 Å². The number of nitrogens with zero attached hydrogens (tertiary/aromatic N) is 4. The average Bonchev–Trinajstić information content (AvgIpc) is 3.16. The highest BCUT2D eigenvalue weighted by molar-refractivity contribution is 5.94. The summed E-state index contributed by atoms with van der Waals surface area (Å²) in [6.07, 6.45) is -2.55. The summed E-state index contributed by atoms with van der Waals surface area (Å²) in [6, 6.07) is 7.14. The number of pyridine rings is 1. The predicted octanol–water partition coefficient (Wildman–Crippen LogP) is 4.65. The molecule has 1 aliphatic rings. The Morgan fingerprint density at radius 3 is 2.70 bits per heavy atom. The number of ether oxygens (including phenoxy) is 1. The molecule has 0 spiro atoms. The van der Waals surface area contributed by atoms with E-state index in [4.69, 9.17) is 4.74 Å². The molecule has 1 saturated heterocycles. The normalized spacial score (nSPS) is 20.9. The number of benzene rings is 1. The van der Waals surface area contributed by atoms with Gasteiger partial charge in [-0.25, -0.2) is 4.68 Å². The van der Waals surface area contributed by atoms with Gasteiger partial charge in [0.05, 0.1) is 17.8 Å². The van der Waals surface area contributed by atoms with E-state index in [1.807, 2.05) is 6.07 Å². The highest BCUT2D eigenvalue weighted by Gasteiger charge is 2.44. The molecule has 0 radical (unpaired) electrons. The van der Waals surface area contributed by atoms with E-state index in [0.29, 0.717) is 34.4 Å². The van der Waals surface area contributed by atoms with E-state index in [0.717, 1.165) is 10.9 Å². The Hall–Kier alpha value is -2.59. The Morgan fingerprint density at radius 1 is 1.20 bits per heavy atom. The number of halogens is 5. The summed E-state index contributed by atoms with van der Waals surface area (Å²) >= 11 is 0. The smallest absolute Gasteiger partial charge is 0.363 e. The van der Waals surface area contributed by atoms with Crippen LogP contribution in [-0.2, 0) is 11.3 Å². The Bertz CT molecular complexity index is 1040. The van der Waals surface area contributed by atoms with Gasteiger partial charge in [-0.15, -0.1) is 0 Å². The molecule has 3 aromatic rings. The molecule has 0 aliphatic carbocycles. The minimum atomic E-state index is -4.41. The fraction of sp³-hybridized carbons (Fsp3) is 0.400. The van der Waals surface area contributed by atoms with E-state index in [9.17, 15) is 22.0 Å². The zero-order valence-electron chi connectivity index (χ0n) is 16.0. The SMILES string of the molecule is C[C@@H]1CN(Cc2ccc3c(-c4cnn(C(F)F)c4)ccnc3c2)C[C@H](C(F)(F)F)O1. The molecule has 1 aliphatic heterocycles. The number of aromatic nitrogens is 3. The van der Waals surface area contributed by atoms with Crippen LogP contribution in [0.2, 0.25) is 0 Å².